The molecule has 5 nitrogen and oxygen atoms in total. The Morgan fingerprint density at radius 2 is 0.889 bits per heavy atom. The van der Waals surface area contributed by atoms with Crippen molar-refractivity contribution in [3.8, 4) is 56.4 Å². The fraction of sp³-hybridized carbons (Fsp3) is 0. The number of rotatable bonds is 5. The molecule has 0 aliphatic carbocycles. The van der Waals surface area contributed by atoms with Crippen LogP contribution < -0.4 is 0 Å². The van der Waals surface area contributed by atoms with Gasteiger partial charge >= 0.3 is 0 Å². The van der Waals surface area contributed by atoms with Crippen molar-refractivity contribution in [3.63, 3.8) is 0 Å². The number of benzene rings is 8. The predicted molar refractivity (Wildman–Crippen MR) is 219 cm³/mol. The summed E-state index contributed by atoms with van der Waals surface area (Å²) in [6.45, 7) is 0. The van der Waals surface area contributed by atoms with E-state index in [0.29, 0.717) is 17.5 Å². The SMILES string of the molecule is c1ccc(-c2cccc3c2oc2cccc(-c4cccc(-c5nc(-c6ccc7ccccc7c6)nc(-c6cccc7c6oc6ccccc67)n5)c4)c23)cc1. The fourth-order valence-electron chi connectivity index (χ4n) is 7.77. The smallest absolute Gasteiger partial charge is 0.167 e. The first-order valence-electron chi connectivity index (χ1n) is 18.0. The molecule has 0 radical (unpaired) electrons. The van der Waals surface area contributed by atoms with Crippen molar-refractivity contribution in [1.82, 2.24) is 15.0 Å². The van der Waals surface area contributed by atoms with Crippen LogP contribution in [-0.4, -0.2) is 15.0 Å². The molecule has 0 fully saturated rings. The lowest BCUT2D eigenvalue weighted by Crippen LogP contribution is -2.00. The van der Waals surface area contributed by atoms with Gasteiger partial charge in [0.25, 0.3) is 0 Å². The van der Waals surface area contributed by atoms with E-state index in [2.05, 4.69) is 133 Å². The van der Waals surface area contributed by atoms with E-state index in [1.165, 1.54) is 0 Å². The summed E-state index contributed by atoms with van der Waals surface area (Å²) in [5, 5.41) is 6.51. The van der Waals surface area contributed by atoms with Crippen molar-refractivity contribution in [2.45, 2.75) is 0 Å². The van der Waals surface area contributed by atoms with Crippen molar-refractivity contribution >= 4 is 54.6 Å². The molecule has 11 rings (SSSR count). The van der Waals surface area contributed by atoms with Gasteiger partial charge < -0.3 is 8.83 Å². The molecule has 5 heteroatoms. The van der Waals surface area contributed by atoms with Crippen molar-refractivity contribution < 1.29 is 8.83 Å². The molecule has 0 atom stereocenters. The molecule has 0 aliphatic heterocycles. The molecule has 0 spiro atoms. The van der Waals surface area contributed by atoms with Gasteiger partial charge in [-0.2, -0.15) is 0 Å². The van der Waals surface area contributed by atoms with E-state index >= 15 is 0 Å². The highest BCUT2D eigenvalue weighted by atomic mass is 16.3. The van der Waals surface area contributed by atoms with Gasteiger partial charge in [-0.3, -0.25) is 0 Å². The topological polar surface area (TPSA) is 65.0 Å². The zero-order chi connectivity index (χ0) is 35.6. The van der Waals surface area contributed by atoms with Gasteiger partial charge in [0.1, 0.15) is 22.3 Å². The van der Waals surface area contributed by atoms with Gasteiger partial charge in [0.05, 0.1) is 5.56 Å². The van der Waals surface area contributed by atoms with Gasteiger partial charge in [-0.15, -0.1) is 0 Å². The molecular formula is C49H29N3O2. The van der Waals surface area contributed by atoms with Crippen molar-refractivity contribution in [1.29, 1.82) is 0 Å². The molecule has 3 aromatic heterocycles. The second kappa shape index (κ2) is 12.1. The van der Waals surface area contributed by atoms with E-state index in [0.717, 1.165) is 93.6 Å². The lowest BCUT2D eigenvalue weighted by Gasteiger charge is -2.11. The maximum atomic E-state index is 6.59. The largest absolute Gasteiger partial charge is 0.455 e. The van der Waals surface area contributed by atoms with Crippen LogP contribution >= 0.6 is 0 Å². The van der Waals surface area contributed by atoms with Gasteiger partial charge in [-0.1, -0.05) is 146 Å². The van der Waals surface area contributed by atoms with E-state index in [1.807, 2.05) is 42.5 Å². The minimum absolute atomic E-state index is 0.551. The summed E-state index contributed by atoms with van der Waals surface area (Å²) in [4.78, 5) is 15.4. The van der Waals surface area contributed by atoms with Crippen LogP contribution in [0, 0.1) is 0 Å². The number of aromatic nitrogens is 3. The van der Waals surface area contributed by atoms with E-state index in [4.69, 9.17) is 23.8 Å². The van der Waals surface area contributed by atoms with Crippen molar-refractivity contribution in [2.75, 3.05) is 0 Å². The van der Waals surface area contributed by atoms with Crippen LogP contribution in [0.4, 0.5) is 0 Å². The summed E-state index contributed by atoms with van der Waals surface area (Å²) in [6.07, 6.45) is 0. The third-order valence-electron chi connectivity index (χ3n) is 10.3. The molecule has 0 amide bonds. The number of furan rings is 2. The Hall–Kier alpha value is -7.37. The molecule has 0 unspecified atom stereocenters. The van der Waals surface area contributed by atoms with E-state index in [9.17, 15) is 0 Å². The Bertz CT molecular complexity index is 3230. The molecule has 8 aromatic carbocycles. The lowest BCUT2D eigenvalue weighted by molar-refractivity contribution is 0.669. The average molecular weight is 692 g/mol. The third kappa shape index (κ3) is 4.90. The van der Waals surface area contributed by atoms with Crippen LogP contribution in [0.5, 0.6) is 0 Å². The predicted octanol–water partition coefficient (Wildman–Crippen LogP) is 13.2. The van der Waals surface area contributed by atoms with Crippen LogP contribution in [-0.2, 0) is 0 Å². The lowest BCUT2D eigenvalue weighted by atomic mass is 9.96. The summed E-state index contributed by atoms with van der Waals surface area (Å²) < 4.78 is 13.0. The summed E-state index contributed by atoms with van der Waals surface area (Å²) in [7, 11) is 0. The number of nitrogens with zero attached hydrogens (tertiary/aromatic N) is 3. The van der Waals surface area contributed by atoms with Crippen LogP contribution in [0.25, 0.3) is 111 Å². The summed E-state index contributed by atoms with van der Waals surface area (Å²) in [5.74, 6) is 1.72. The number of fused-ring (bicyclic) bond motifs is 7. The average Bonchev–Trinajstić information content (AvgIpc) is 3.83. The Morgan fingerprint density at radius 3 is 1.78 bits per heavy atom. The van der Waals surface area contributed by atoms with Gasteiger partial charge in [-0.05, 0) is 57.8 Å². The zero-order valence-electron chi connectivity index (χ0n) is 28.9. The monoisotopic (exact) mass is 691 g/mol. The van der Waals surface area contributed by atoms with E-state index < -0.39 is 0 Å². The number of para-hydroxylation sites is 3. The van der Waals surface area contributed by atoms with Gasteiger partial charge in [-0.25, -0.2) is 15.0 Å². The van der Waals surface area contributed by atoms with Crippen molar-refractivity contribution in [2.24, 2.45) is 0 Å². The molecule has 0 saturated carbocycles. The minimum atomic E-state index is 0.551. The number of hydrogen-bond donors (Lipinski definition) is 0. The van der Waals surface area contributed by atoms with Gasteiger partial charge in [0.15, 0.2) is 17.5 Å². The third-order valence-corrected chi connectivity index (χ3v) is 10.3. The van der Waals surface area contributed by atoms with Crippen LogP contribution in [0.1, 0.15) is 0 Å². The van der Waals surface area contributed by atoms with Crippen LogP contribution in [0.15, 0.2) is 185 Å². The maximum Gasteiger partial charge on any atom is 0.167 e. The highest BCUT2D eigenvalue weighted by Gasteiger charge is 2.20. The van der Waals surface area contributed by atoms with Crippen LogP contribution in [0.2, 0.25) is 0 Å². The first-order chi connectivity index (χ1) is 26.7. The zero-order valence-corrected chi connectivity index (χ0v) is 28.9. The van der Waals surface area contributed by atoms with Gasteiger partial charge in [0.2, 0.25) is 0 Å². The summed E-state index contributed by atoms with van der Waals surface area (Å²) in [5.41, 5.74) is 10.2. The maximum absolute atomic E-state index is 6.59. The Balaban J connectivity index is 1.10. The Morgan fingerprint density at radius 1 is 0.315 bits per heavy atom. The standard InChI is InChI=1S/C49H29N3O2/c1-2-13-31(14-3-1)37-20-9-22-40-44-36(19-11-25-43(44)54-45(37)40)33-16-8-17-34(29-33)47-50-48(35-27-26-30-12-4-5-15-32(30)28-35)52-49(51-47)41-23-10-21-39-38-18-6-7-24-42(38)53-46(39)41/h1-29H. The van der Waals surface area contributed by atoms with Gasteiger partial charge in [0, 0.05) is 38.2 Å². The Kier molecular flexibility index (Phi) is 6.79. The molecule has 11 aromatic rings. The van der Waals surface area contributed by atoms with Crippen LogP contribution in [0.3, 0.4) is 0 Å². The normalized spacial score (nSPS) is 11.7. The van der Waals surface area contributed by atoms with E-state index in [-0.39, 0.29) is 0 Å². The first kappa shape index (κ1) is 30.3. The van der Waals surface area contributed by atoms with E-state index in [1.54, 1.807) is 0 Å². The molecule has 0 N–H and O–H groups in total. The molecule has 0 aliphatic rings. The molecular weight excluding hydrogens is 663 g/mol. The highest BCUT2D eigenvalue weighted by molar-refractivity contribution is 6.15. The molecule has 54 heavy (non-hydrogen) atoms. The fourth-order valence-corrected chi connectivity index (χ4v) is 7.77. The molecule has 0 bridgehead atoms. The highest BCUT2D eigenvalue weighted by Crippen LogP contribution is 2.41. The molecule has 252 valence electrons. The molecule has 0 saturated heterocycles. The summed E-state index contributed by atoms with van der Waals surface area (Å²) in [6, 6.07) is 60.4. The molecule has 3 heterocycles. The second-order valence-electron chi connectivity index (χ2n) is 13.6. The Labute approximate surface area is 309 Å². The quantitative estimate of drug-likeness (QED) is 0.180. The van der Waals surface area contributed by atoms with Crippen molar-refractivity contribution in [3.05, 3.63) is 176 Å². The first-order valence-corrected chi connectivity index (χ1v) is 18.0. The summed E-state index contributed by atoms with van der Waals surface area (Å²) >= 11 is 0. The number of hydrogen-bond acceptors (Lipinski definition) is 5. The second-order valence-corrected chi connectivity index (χ2v) is 13.6. The minimum Gasteiger partial charge on any atom is -0.455 e.